The van der Waals surface area contributed by atoms with Crippen molar-refractivity contribution in [2.24, 2.45) is 0 Å². The van der Waals surface area contributed by atoms with Gasteiger partial charge in [-0.1, -0.05) is 260 Å². The minimum atomic E-state index is -0.450. The first kappa shape index (κ1) is 71.7. The summed E-state index contributed by atoms with van der Waals surface area (Å²) in [5.41, 5.74) is 22.0. The molecule has 0 N–H and O–H groups in total. The maximum Gasteiger partial charge on any atom is 0.494 e. The van der Waals surface area contributed by atoms with Crippen molar-refractivity contribution in [3.8, 4) is 55.6 Å². The van der Waals surface area contributed by atoms with Crippen LogP contribution in [-0.2, 0) is 31.5 Å². The molecule has 0 atom stereocenters. The zero-order chi connectivity index (χ0) is 72.0. The van der Waals surface area contributed by atoms with Crippen molar-refractivity contribution in [2.75, 3.05) is 9.80 Å². The molecule has 2 aliphatic rings. The van der Waals surface area contributed by atoms with Crippen molar-refractivity contribution in [1.82, 2.24) is 0 Å². The number of rotatable bonds is 27. The molecule has 104 heavy (non-hydrogen) atoms. The van der Waals surface area contributed by atoms with Gasteiger partial charge in [0.25, 0.3) is 0 Å². The molecule has 526 valence electrons. The highest BCUT2D eigenvalue weighted by atomic mass is 16.7. The van der Waals surface area contributed by atoms with Gasteiger partial charge in [0.15, 0.2) is 0 Å². The van der Waals surface area contributed by atoms with Crippen LogP contribution in [0, 0.1) is 0 Å². The molecule has 12 aromatic carbocycles. The zero-order valence-corrected chi connectivity index (χ0v) is 63.0. The first-order valence-electron chi connectivity index (χ1n) is 38.6. The SMILES string of the molecule is CCCCCCCCc1cc(-c2ccc(N(c3ccc(B4OC(C)(C)C(C)(C)O4)cc3)c3ccc(-c4ccccc4)cc3)cc2)c2ccccc2c1-c1c(CCCCCCCC)cc(-c2ccc(N(c3ccc(B4OC(C)(C)C(C)(C)O4)cc3)c3ccc(-c4ccccc4)cc3)cc2)c2ccccc12. The van der Waals surface area contributed by atoms with Gasteiger partial charge in [-0.05, 0) is 265 Å². The molecular weight excluding hydrogens is 1270 g/mol. The van der Waals surface area contributed by atoms with Crippen LogP contribution in [0.1, 0.15) is 157 Å². The Bertz CT molecular complexity index is 4520. The van der Waals surface area contributed by atoms with E-state index < -0.39 is 36.6 Å². The van der Waals surface area contributed by atoms with Gasteiger partial charge in [-0.25, -0.2) is 0 Å². The van der Waals surface area contributed by atoms with Crippen LogP contribution in [0.25, 0.3) is 77.2 Å². The summed E-state index contributed by atoms with van der Waals surface area (Å²) in [6.45, 7) is 21.5. The predicted octanol–water partition coefficient (Wildman–Crippen LogP) is 25.7. The summed E-state index contributed by atoms with van der Waals surface area (Å²) in [6, 6.07) is 99.2. The summed E-state index contributed by atoms with van der Waals surface area (Å²) in [6.07, 6.45) is 16.8. The van der Waals surface area contributed by atoms with Gasteiger partial charge in [-0.15, -0.1) is 0 Å². The molecule has 12 aromatic rings. The lowest BCUT2D eigenvalue weighted by Crippen LogP contribution is -2.41. The average molecular weight is 1370 g/mol. The number of nitrogens with zero attached hydrogens (tertiary/aromatic N) is 2. The van der Waals surface area contributed by atoms with Gasteiger partial charge >= 0.3 is 14.2 Å². The first-order chi connectivity index (χ1) is 50.5. The van der Waals surface area contributed by atoms with Crippen LogP contribution < -0.4 is 20.7 Å². The van der Waals surface area contributed by atoms with E-state index in [1.54, 1.807) is 0 Å². The molecule has 2 fully saturated rings. The second-order valence-electron chi connectivity index (χ2n) is 31.0. The zero-order valence-electron chi connectivity index (χ0n) is 63.0. The monoisotopic (exact) mass is 1370 g/mol. The van der Waals surface area contributed by atoms with Crippen LogP contribution in [0.15, 0.2) is 267 Å². The number of aryl methyl sites for hydroxylation is 2. The summed E-state index contributed by atoms with van der Waals surface area (Å²) in [4.78, 5) is 4.74. The largest absolute Gasteiger partial charge is 0.494 e. The Morgan fingerprint density at radius 2 is 0.510 bits per heavy atom. The minimum absolute atomic E-state index is 0.435. The Kier molecular flexibility index (Phi) is 21.5. The summed E-state index contributed by atoms with van der Waals surface area (Å²) in [5, 5.41) is 5.16. The maximum absolute atomic E-state index is 6.54. The number of benzene rings is 12. The van der Waals surface area contributed by atoms with Gasteiger partial charge in [0.05, 0.1) is 22.4 Å². The average Bonchev–Trinajstić information content (AvgIpc) is 1.02. The Morgan fingerprint density at radius 3 is 0.817 bits per heavy atom. The van der Waals surface area contributed by atoms with Crippen LogP contribution in [0.4, 0.5) is 34.1 Å². The lowest BCUT2D eigenvalue weighted by molar-refractivity contribution is 0.00578. The fourth-order valence-electron chi connectivity index (χ4n) is 15.4. The molecule has 0 aliphatic carbocycles. The lowest BCUT2D eigenvalue weighted by atomic mass is 9.79. The Balaban J connectivity index is 0.860. The molecule has 6 nitrogen and oxygen atoms in total. The number of hydrogen-bond acceptors (Lipinski definition) is 6. The van der Waals surface area contributed by atoms with Gasteiger partial charge in [-0.3, -0.25) is 0 Å². The normalized spacial score (nSPS) is 15.1. The number of fused-ring (bicyclic) bond motifs is 2. The molecule has 2 heterocycles. The predicted molar refractivity (Wildman–Crippen MR) is 444 cm³/mol. The third kappa shape index (κ3) is 15.2. The van der Waals surface area contributed by atoms with Crippen LogP contribution in [0.3, 0.4) is 0 Å². The van der Waals surface area contributed by atoms with Gasteiger partial charge in [-0.2, -0.15) is 0 Å². The fraction of sp³-hybridized carbons (Fsp3) is 0.292. The third-order valence-corrected chi connectivity index (χ3v) is 22.8. The third-order valence-electron chi connectivity index (χ3n) is 22.8. The fourth-order valence-corrected chi connectivity index (χ4v) is 15.4. The van der Waals surface area contributed by atoms with Crippen LogP contribution in [0.5, 0.6) is 0 Å². The topological polar surface area (TPSA) is 43.4 Å². The second kappa shape index (κ2) is 31.2. The molecule has 0 saturated carbocycles. The van der Waals surface area contributed by atoms with E-state index in [-0.39, 0.29) is 0 Å². The quantitative estimate of drug-likeness (QED) is 0.0378. The van der Waals surface area contributed by atoms with Gasteiger partial charge in [0.1, 0.15) is 0 Å². The molecular formula is C96H102B2N2O4. The van der Waals surface area contributed by atoms with Gasteiger partial charge in [0.2, 0.25) is 0 Å². The lowest BCUT2D eigenvalue weighted by Gasteiger charge is -2.32. The van der Waals surface area contributed by atoms with Gasteiger partial charge in [0, 0.05) is 34.1 Å². The van der Waals surface area contributed by atoms with Crippen molar-refractivity contribution in [3.63, 3.8) is 0 Å². The summed E-state index contributed by atoms with van der Waals surface area (Å²) in [5.74, 6) is 0. The smallest absolute Gasteiger partial charge is 0.399 e. The number of anilines is 6. The number of unbranched alkanes of at least 4 members (excludes halogenated alkanes) is 10. The van der Waals surface area contributed by atoms with Crippen molar-refractivity contribution >= 4 is 80.8 Å². The van der Waals surface area contributed by atoms with Crippen molar-refractivity contribution < 1.29 is 18.6 Å². The molecule has 0 aromatic heterocycles. The van der Waals surface area contributed by atoms with Crippen molar-refractivity contribution in [1.29, 1.82) is 0 Å². The van der Waals surface area contributed by atoms with Crippen LogP contribution >= 0.6 is 0 Å². The Labute approximate surface area is 620 Å². The molecule has 0 amide bonds. The Hall–Kier alpha value is -9.27. The molecule has 8 heteroatoms. The standard InChI is InChI=1S/C96H102B2N2O4/c1-11-13-15-17-19-23-37-75-67-89(73-47-59-81(60-48-73)99(79-55-43-71(44-56-79)69-33-25-21-26-34-69)83-63-51-77(52-64-83)97-101-93(3,4)94(5,6)102-97)85-39-29-31-41-87(85)91(75)92-76(38-24-20-18-16-14-12-2)68-90(86-40-30-32-42-88(86)92)74-49-61-82(62-50-74)100(80-57-45-72(46-58-80)70-35-27-22-28-36-70)84-65-53-78(54-66-84)98-103-95(7,8)96(9,10)104-98/h21-22,25-36,39-68H,11-20,23-24,37-38H2,1-10H3. The summed E-state index contributed by atoms with van der Waals surface area (Å²) >= 11 is 0. The van der Waals surface area contributed by atoms with E-state index >= 15 is 0 Å². The maximum atomic E-state index is 6.54. The summed E-state index contributed by atoms with van der Waals surface area (Å²) < 4.78 is 26.1. The van der Waals surface area contributed by atoms with E-state index in [1.807, 2.05) is 0 Å². The molecule has 0 radical (unpaired) electrons. The van der Waals surface area contributed by atoms with E-state index in [9.17, 15) is 0 Å². The molecule has 0 unspecified atom stereocenters. The van der Waals surface area contributed by atoms with E-state index in [1.165, 1.54) is 153 Å². The molecule has 0 bridgehead atoms. The Morgan fingerprint density at radius 1 is 0.260 bits per heavy atom. The highest BCUT2D eigenvalue weighted by Crippen LogP contribution is 2.48. The van der Waals surface area contributed by atoms with E-state index in [0.29, 0.717) is 0 Å². The van der Waals surface area contributed by atoms with E-state index in [0.717, 1.165) is 70.7 Å². The second-order valence-corrected chi connectivity index (χ2v) is 31.0. The van der Waals surface area contributed by atoms with Crippen LogP contribution in [0.2, 0.25) is 0 Å². The van der Waals surface area contributed by atoms with Crippen LogP contribution in [-0.4, -0.2) is 36.6 Å². The van der Waals surface area contributed by atoms with Crippen molar-refractivity contribution in [2.45, 2.75) is 182 Å². The van der Waals surface area contributed by atoms with Gasteiger partial charge < -0.3 is 28.4 Å². The van der Waals surface area contributed by atoms with Crippen molar-refractivity contribution in [3.05, 3.63) is 278 Å². The molecule has 2 aliphatic heterocycles. The minimum Gasteiger partial charge on any atom is -0.399 e. The van der Waals surface area contributed by atoms with E-state index in [4.69, 9.17) is 18.6 Å². The highest BCUT2D eigenvalue weighted by molar-refractivity contribution is 6.62. The molecule has 14 rings (SSSR count). The molecule has 2 saturated heterocycles. The highest BCUT2D eigenvalue weighted by Gasteiger charge is 2.53. The first-order valence-corrected chi connectivity index (χ1v) is 38.6. The number of hydrogen-bond donors (Lipinski definition) is 0. The van der Waals surface area contributed by atoms with E-state index in [2.05, 4.69) is 346 Å². The molecule has 0 spiro atoms. The summed E-state index contributed by atoms with van der Waals surface area (Å²) in [7, 11) is -0.900.